The van der Waals surface area contributed by atoms with E-state index in [1.807, 2.05) is 4.57 Å². The average Bonchev–Trinajstić information content (AvgIpc) is 2.51. The van der Waals surface area contributed by atoms with Crippen LogP contribution < -0.4 is 5.32 Å². The van der Waals surface area contributed by atoms with Crippen molar-refractivity contribution in [1.82, 2.24) is 20.1 Å². The number of aryl methyl sites for hydroxylation is 1. The number of nitrogens with one attached hydrogen (secondary N) is 1. The quantitative estimate of drug-likeness (QED) is 0.850. The summed E-state index contributed by atoms with van der Waals surface area (Å²) in [4.78, 5) is 0. The minimum Gasteiger partial charge on any atom is -0.317 e. The van der Waals surface area contributed by atoms with Crippen molar-refractivity contribution in [2.75, 3.05) is 6.54 Å². The molecule has 13 heavy (non-hydrogen) atoms. The van der Waals surface area contributed by atoms with Gasteiger partial charge in [-0.15, -0.1) is 10.2 Å². The molecule has 0 aliphatic heterocycles. The molecule has 0 atom stereocenters. The Morgan fingerprint density at radius 3 is 3.15 bits per heavy atom. The molecular formula is C8H13BrN4. The van der Waals surface area contributed by atoms with Gasteiger partial charge in [0.05, 0.1) is 6.54 Å². The molecule has 1 N–H and O–H groups in total. The van der Waals surface area contributed by atoms with Crippen LogP contribution in [0.3, 0.4) is 0 Å². The van der Waals surface area contributed by atoms with Gasteiger partial charge in [-0.05, 0) is 6.92 Å². The molecule has 0 aliphatic rings. The van der Waals surface area contributed by atoms with Gasteiger partial charge in [0.1, 0.15) is 12.2 Å². The van der Waals surface area contributed by atoms with Gasteiger partial charge in [-0.25, -0.2) is 0 Å². The summed E-state index contributed by atoms with van der Waals surface area (Å²) in [5.41, 5.74) is 0. The van der Waals surface area contributed by atoms with Crippen LogP contribution in [-0.2, 0) is 13.1 Å². The van der Waals surface area contributed by atoms with Crippen LogP contribution in [0.4, 0.5) is 0 Å². The summed E-state index contributed by atoms with van der Waals surface area (Å²) in [5.74, 6) is 0.955. The van der Waals surface area contributed by atoms with E-state index in [1.54, 1.807) is 6.33 Å². The third kappa shape index (κ3) is 3.28. The zero-order valence-corrected chi connectivity index (χ0v) is 9.21. The first-order valence-corrected chi connectivity index (χ1v) is 4.94. The fourth-order valence-electron chi connectivity index (χ4n) is 0.990. The molecule has 1 aromatic heterocycles. The molecule has 1 aromatic rings. The number of halogens is 1. The van der Waals surface area contributed by atoms with E-state index < -0.39 is 0 Å². The van der Waals surface area contributed by atoms with Crippen molar-refractivity contribution >= 4 is 15.9 Å². The molecule has 1 rings (SSSR count). The Labute approximate surface area is 86.2 Å². The summed E-state index contributed by atoms with van der Waals surface area (Å²) in [6, 6.07) is 0. The summed E-state index contributed by atoms with van der Waals surface area (Å²) in [5, 5.41) is 11.0. The Morgan fingerprint density at radius 1 is 1.77 bits per heavy atom. The van der Waals surface area contributed by atoms with Gasteiger partial charge in [-0.2, -0.15) is 0 Å². The molecule has 0 bridgehead atoms. The van der Waals surface area contributed by atoms with Crippen LogP contribution in [0.5, 0.6) is 0 Å². The number of rotatable bonds is 5. The summed E-state index contributed by atoms with van der Waals surface area (Å²) < 4.78 is 2.94. The fourth-order valence-corrected chi connectivity index (χ4v) is 1.19. The largest absolute Gasteiger partial charge is 0.317 e. The first-order chi connectivity index (χ1) is 6.24. The maximum atomic E-state index is 3.99. The Hall–Kier alpha value is -0.680. The second kappa shape index (κ2) is 5.14. The van der Waals surface area contributed by atoms with E-state index in [0.29, 0.717) is 0 Å². The third-order valence-electron chi connectivity index (χ3n) is 1.64. The van der Waals surface area contributed by atoms with Gasteiger partial charge >= 0.3 is 0 Å². The lowest BCUT2D eigenvalue weighted by atomic mass is 10.5. The second-order valence-electron chi connectivity index (χ2n) is 2.65. The SMILES string of the molecule is C=C(Br)CNCc1nncn1CC. The van der Waals surface area contributed by atoms with Crippen LogP contribution >= 0.6 is 15.9 Å². The summed E-state index contributed by atoms with van der Waals surface area (Å²) in [7, 11) is 0. The van der Waals surface area contributed by atoms with Crippen molar-refractivity contribution in [2.24, 2.45) is 0 Å². The predicted molar refractivity (Wildman–Crippen MR) is 55.5 cm³/mol. The highest BCUT2D eigenvalue weighted by atomic mass is 79.9. The van der Waals surface area contributed by atoms with E-state index in [4.69, 9.17) is 0 Å². The van der Waals surface area contributed by atoms with Gasteiger partial charge in [-0.3, -0.25) is 0 Å². The Kier molecular flexibility index (Phi) is 4.11. The van der Waals surface area contributed by atoms with Crippen LogP contribution in [-0.4, -0.2) is 21.3 Å². The second-order valence-corrected chi connectivity index (χ2v) is 3.78. The fraction of sp³-hybridized carbons (Fsp3) is 0.500. The van der Waals surface area contributed by atoms with Crippen molar-refractivity contribution < 1.29 is 0 Å². The van der Waals surface area contributed by atoms with Crippen LogP contribution in [0.25, 0.3) is 0 Å². The highest BCUT2D eigenvalue weighted by Crippen LogP contribution is 1.98. The van der Waals surface area contributed by atoms with E-state index in [2.05, 4.69) is 44.9 Å². The Balaban J connectivity index is 2.40. The molecule has 0 unspecified atom stereocenters. The minimum absolute atomic E-state index is 0.721. The average molecular weight is 245 g/mol. The highest BCUT2D eigenvalue weighted by Gasteiger charge is 2.00. The van der Waals surface area contributed by atoms with Gasteiger partial charge < -0.3 is 9.88 Å². The van der Waals surface area contributed by atoms with Crippen LogP contribution in [0.15, 0.2) is 17.4 Å². The minimum atomic E-state index is 0.721. The summed E-state index contributed by atoms with van der Waals surface area (Å²) in [6.07, 6.45) is 1.74. The molecule has 4 nitrogen and oxygen atoms in total. The zero-order valence-electron chi connectivity index (χ0n) is 7.63. The van der Waals surface area contributed by atoms with Crippen molar-refractivity contribution in [3.8, 4) is 0 Å². The maximum Gasteiger partial charge on any atom is 0.146 e. The van der Waals surface area contributed by atoms with E-state index in [9.17, 15) is 0 Å². The van der Waals surface area contributed by atoms with Gasteiger partial charge in [0.15, 0.2) is 0 Å². The molecular weight excluding hydrogens is 232 g/mol. The van der Waals surface area contributed by atoms with Gasteiger partial charge in [0, 0.05) is 17.6 Å². The lowest BCUT2D eigenvalue weighted by Gasteiger charge is -2.03. The Bertz CT molecular complexity index is 281. The summed E-state index contributed by atoms with van der Waals surface area (Å²) >= 11 is 3.27. The predicted octanol–water partition coefficient (Wildman–Crippen LogP) is 1.30. The topological polar surface area (TPSA) is 42.7 Å². The molecule has 0 amide bonds. The first kappa shape index (κ1) is 10.4. The molecule has 0 saturated heterocycles. The van der Waals surface area contributed by atoms with E-state index in [-0.39, 0.29) is 0 Å². The molecule has 0 saturated carbocycles. The van der Waals surface area contributed by atoms with Crippen molar-refractivity contribution in [2.45, 2.75) is 20.0 Å². The van der Waals surface area contributed by atoms with E-state index >= 15 is 0 Å². The van der Waals surface area contributed by atoms with E-state index in [1.165, 1.54) is 0 Å². The number of nitrogens with zero attached hydrogens (tertiary/aromatic N) is 3. The lowest BCUT2D eigenvalue weighted by molar-refractivity contribution is 0.639. The Morgan fingerprint density at radius 2 is 2.54 bits per heavy atom. The summed E-state index contributed by atoms with van der Waals surface area (Å²) in [6.45, 7) is 8.16. The van der Waals surface area contributed by atoms with Crippen LogP contribution in [0.2, 0.25) is 0 Å². The molecule has 0 fully saturated rings. The van der Waals surface area contributed by atoms with Crippen LogP contribution in [0.1, 0.15) is 12.7 Å². The highest BCUT2D eigenvalue weighted by molar-refractivity contribution is 9.11. The molecule has 0 aliphatic carbocycles. The lowest BCUT2D eigenvalue weighted by Crippen LogP contribution is -2.17. The first-order valence-electron chi connectivity index (χ1n) is 4.14. The molecule has 72 valence electrons. The number of hydrogen-bond donors (Lipinski definition) is 1. The molecule has 0 spiro atoms. The molecule has 0 radical (unpaired) electrons. The monoisotopic (exact) mass is 244 g/mol. The van der Waals surface area contributed by atoms with E-state index in [0.717, 1.165) is 29.9 Å². The normalized spacial score (nSPS) is 10.3. The third-order valence-corrected chi connectivity index (χ3v) is 1.92. The van der Waals surface area contributed by atoms with Crippen LogP contribution in [0, 0.1) is 0 Å². The molecule has 0 aromatic carbocycles. The van der Waals surface area contributed by atoms with Gasteiger partial charge in [0.2, 0.25) is 0 Å². The standard InChI is InChI=1S/C8H13BrN4/c1-3-13-6-11-12-8(13)5-10-4-7(2)9/h6,10H,2-5H2,1H3. The maximum absolute atomic E-state index is 3.99. The van der Waals surface area contributed by atoms with Crippen molar-refractivity contribution in [1.29, 1.82) is 0 Å². The van der Waals surface area contributed by atoms with Gasteiger partial charge in [-0.1, -0.05) is 22.5 Å². The smallest absolute Gasteiger partial charge is 0.146 e. The number of aromatic nitrogens is 3. The van der Waals surface area contributed by atoms with Gasteiger partial charge in [0.25, 0.3) is 0 Å². The van der Waals surface area contributed by atoms with Crippen molar-refractivity contribution in [3.05, 3.63) is 23.2 Å². The number of hydrogen-bond acceptors (Lipinski definition) is 3. The van der Waals surface area contributed by atoms with Crippen molar-refractivity contribution in [3.63, 3.8) is 0 Å². The zero-order chi connectivity index (χ0) is 9.68. The molecule has 1 heterocycles. The molecule has 5 heteroatoms.